The lowest BCUT2D eigenvalue weighted by molar-refractivity contribution is -0.384. The van der Waals surface area contributed by atoms with E-state index in [9.17, 15) is 15.2 Å². The second-order valence-electron chi connectivity index (χ2n) is 4.40. The van der Waals surface area contributed by atoms with Gasteiger partial charge in [-0.1, -0.05) is 19.3 Å². The molecule has 1 aliphatic carbocycles. The summed E-state index contributed by atoms with van der Waals surface area (Å²) in [4.78, 5) is 10.1. The number of hydrogen-bond donors (Lipinski definition) is 1. The van der Waals surface area contributed by atoms with Crippen molar-refractivity contribution in [2.24, 2.45) is 0 Å². The molecule has 0 amide bonds. The zero-order chi connectivity index (χ0) is 11.6. The van der Waals surface area contributed by atoms with Gasteiger partial charge in [-0.2, -0.15) is 0 Å². The van der Waals surface area contributed by atoms with E-state index in [2.05, 4.69) is 0 Å². The van der Waals surface area contributed by atoms with Gasteiger partial charge in [-0.3, -0.25) is 10.1 Å². The predicted octanol–water partition coefficient (Wildman–Crippen LogP) is 2.75. The fraction of sp³-hybridized carbons (Fsp3) is 0.500. The summed E-state index contributed by atoms with van der Waals surface area (Å²) in [6, 6.07) is 6.26. The maximum Gasteiger partial charge on any atom is 0.269 e. The SMILES string of the molecule is O=[N+]([O-])c1ccc(C2(O)CCCCC2)cc1. The largest absolute Gasteiger partial charge is 0.385 e. The predicted molar refractivity (Wildman–Crippen MR) is 60.1 cm³/mol. The number of rotatable bonds is 2. The summed E-state index contributed by atoms with van der Waals surface area (Å²) in [6.45, 7) is 0. The fourth-order valence-electron chi connectivity index (χ4n) is 2.32. The summed E-state index contributed by atoms with van der Waals surface area (Å²) < 4.78 is 0. The van der Waals surface area contributed by atoms with E-state index in [1.54, 1.807) is 12.1 Å². The molecule has 16 heavy (non-hydrogen) atoms. The standard InChI is InChI=1S/C12H15NO3/c14-12(8-2-1-3-9-12)10-4-6-11(7-5-10)13(15)16/h4-7,14H,1-3,8-9H2. The van der Waals surface area contributed by atoms with Crippen LogP contribution in [0.2, 0.25) is 0 Å². The molecule has 1 aromatic carbocycles. The molecule has 0 aromatic heterocycles. The van der Waals surface area contributed by atoms with Crippen LogP contribution in [-0.2, 0) is 5.60 Å². The van der Waals surface area contributed by atoms with E-state index in [-0.39, 0.29) is 5.69 Å². The number of aliphatic hydroxyl groups is 1. The van der Waals surface area contributed by atoms with E-state index >= 15 is 0 Å². The van der Waals surface area contributed by atoms with Crippen LogP contribution in [0.25, 0.3) is 0 Å². The van der Waals surface area contributed by atoms with E-state index in [1.165, 1.54) is 12.1 Å². The summed E-state index contributed by atoms with van der Waals surface area (Å²) >= 11 is 0. The number of non-ortho nitro benzene ring substituents is 1. The Kier molecular flexibility index (Phi) is 2.92. The Morgan fingerprint density at radius 3 is 2.19 bits per heavy atom. The normalized spacial score (nSPS) is 19.3. The van der Waals surface area contributed by atoms with Gasteiger partial charge in [0, 0.05) is 12.1 Å². The van der Waals surface area contributed by atoms with Crippen LogP contribution in [-0.4, -0.2) is 10.0 Å². The Hall–Kier alpha value is -1.42. The van der Waals surface area contributed by atoms with Gasteiger partial charge >= 0.3 is 0 Å². The van der Waals surface area contributed by atoms with Gasteiger partial charge < -0.3 is 5.11 Å². The Bertz CT molecular complexity index is 380. The van der Waals surface area contributed by atoms with E-state index in [0.29, 0.717) is 0 Å². The minimum atomic E-state index is -0.770. The maximum atomic E-state index is 10.5. The molecule has 4 heteroatoms. The number of nitro benzene ring substituents is 1. The minimum absolute atomic E-state index is 0.0724. The molecule has 1 aromatic rings. The van der Waals surface area contributed by atoms with Crippen molar-refractivity contribution in [3.8, 4) is 0 Å². The van der Waals surface area contributed by atoms with Gasteiger partial charge in [0.2, 0.25) is 0 Å². The summed E-state index contributed by atoms with van der Waals surface area (Å²) in [5.74, 6) is 0. The van der Waals surface area contributed by atoms with Crippen LogP contribution in [0.3, 0.4) is 0 Å². The molecule has 0 bridgehead atoms. The second kappa shape index (κ2) is 4.22. The quantitative estimate of drug-likeness (QED) is 0.617. The molecule has 0 heterocycles. The van der Waals surface area contributed by atoms with Gasteiger partial charge in [0.15, 0.2) is 0 Å². The number of nitro groups is 1. The third-order valence-corrected chi connectivity index (χ3v) is 3.30. The molecule has 1 saturated carbocycles. The first-order chi connectivity index (χ1) is 7.62. The lowest BCUT2D eigenvalue weighted by Gasteiger charge is -2.32. The number of benzene rings is 1. The summed E-state index contributed by atoms with van der Waals surface area (Å²) in [5.41, 5.74) is 0.105. The number of nitrogens with zero attached hydrogens (tertiary/aromatic N) is 1. The highest BCUT2D eigenvalue weighted by Gasteiger charge is 2.31. The van der Waals surface area contributed by atoms with E-state index in [0.717, 1.165) is 37.7 Å². The van der Waals surface area contributed by atoms with Crippen LogP contribution >= 0.6 is 0 Å². The number of hydrogen-bond acceptors (Lipinski definition) is 3. The molecule has 1 aliphatic rings. The van der Waals surface area contributed by atoms with Crippen molar-refractivity contribution < 1.29 is 10.0 Å². The lowest BCUT2D eigenvalue weighted by Crippen LogP contribution is -2.28. The monoisotopic (exact) mass is 221 g/mol. The zero-order valence-corrected chi connectivity index (χ0v) is 9.06. The Labute approximate surface area is 94.1 Å². The van der Waals surface area contributed by atoms with Gasteiger partial charge in [-0.05, 0) is 30.5 Å². The molecule has 4 nitrogen and oxygen atoms in total. The van der Waals surface area contributed by atoms with Gasteiger partial charge in [0.25, 0.3) is 5.69 Å². The van der Waals surface area contributed by atoms with Crippen LogP contribution in [0.15, 0.2) is 24.3 Å². The van der Waals surface area contributed by atoms with Gasteiger partial charge in [0.05, 0.1) is 10.5 Å². The molecule has 0 atom stereocenters. The highest BCUT2D eigenvalue weighted by atomic mass is 16.6. The van der Waals surface area contributed by atoms with Crippen molar-refractivity contribution >= 4 is 5.69 Å². The highest BCUT2D eigenvalue weighted by Crippen LogP contribution is 2.37. The fourth-order valence-corrected chi connectivity index (χ4v) is 2.32. The molecule has 1 N–H and O–H groups in total. The molecule has 86 valence electrons. The van der Waals surface area contributed by atoms with Crippen LogP contribution in [0, 0.1) is 10.1 Å². The topological polar surface area (TPSA) is 63.4 Å². The molecule has 0 unspecified atom stereocenters. The van der Waals surface area contributed by atoms with Crippen molar-refractivity contribution in [2.45, 2.75) is 37.7 Å². The van der Waals surface area contributed by atoms with Gasteiger partial charge in [0.1, 0.15) is 0 Å². The third-order valence-electron chi connectivity index (χ3n) is 3.30. The average molecular weight is 221 g/mol. The first kappa shape index (κ1) is 11.1. The minimum Gasteiger partial charge on any atom is -0.385 e. The maximum absolute atomic E-state index is 10.5. The molecule has 0 saturated heterocycles. The molecule has 0 aliphatic heterocycles. The third kappa shape index (κ3) is 2.07. The first-order valence-corrected chi connectivity index (χ1v) is 5.59. The summed E-state index contributed by atoms with van der Waals surface area (Å²) in [7, 11) is 0. The average Bonchev–Trinajstić information content (AvgIpc) is 2.30. The van der Waals surface area contributed by atoms with Crippen molar-refractivity contribution in [3.05, 3.63) is 39.9 Å². The first-order valence-electron chi connectivity index (χ1n) is 5.59. The molecule has 0 spiro atoms. The van der Waals surface area contributed by atoms with Crippen LogP contribution in [0.1, 0.15) is 37.7 Å². The van der Waals surface area contributed by atoms with Gasteiger partial charge in [-0.25, -0.2) is 0 Å². The Morgan fingerprint density at radius 2 is 1.69 bits per heavy atom. The van der Waals surface area contributed by atoms with Crippen molar-refractivity contribution in [2.75, 3.05) is 0 Å². The summed E-state index contributed by atoms with van der Waals surface area (Å²) in [5, 5.41) is 20.9. The van der Waals surface area contributed by atoms with Crippen LogP contribution < -0.4 is 0 Å². The van der Waals surface area contributed by atoms with Crippen molar-refractivity contribution in [3.63, 3.8) is 0 Å². The molecule has 2 rings (SSSR count). The zero-order valence-electron chi connectivity index (χ0n) is 9.06. The smallest absolute Gasteiger partial charge is 0.269 e. The van der Waals surface area contributed by atoms with Crippen LogP contribution in [0.4, 0.5) is 5.69 Å². The van der Waals surface area contributed by atoms with Crippen LogP contribution in [0.5, 0.6) is 0 Å². The second-order valence-corrected chi connectivity index (χ2v) is 4.40. The summed E-state index contributed by atoms with van der Waals surface area (Å²) in [6.07, 6.45) is 4.71. The molecular weight excluding hydrogens is 206 g/mol. The van der Waals surface area contributed by atoms with Crippen molar-refractivity contribution in [1.29, 1.82) is 0 Å². The van der Waals surface area contributed by atoms with E-state index < -0.39 is 10.5 Å². The Morgan fingerprint density at radius 1 is 1.12 bits per heavy atom. The lowest BCUT2D eigenvalue weighted by atomic mass is 9.80. The Balaban J connectivity index is 2.23. The molecule has 1 fully saturated rings. The van der Waals surface area contributed by atoms with E-state index in [1.807, 2.05) is 0 Å². The van der Waals surface area contributed by atoms with Gasteiger partial charge in [-0.15, -0.1) is 0 Å². The molecular formula is C12H15NO3. The van der Waals surface area contributed by atoms with Crippen molar-refractivity contribution in [1.82, 2.24) is 0 Å². The van der Waals surface area contributed by atoms with E-state index in [4.69, 9.17) is 0 Å². The highest BCUT2D eigenvalue weighted by molar-refractivity contribution is 5.35. The molecule has 0 radical (unpaired) electrons.